The predicted molar refractivity (Wildman–Crippen MR) is 215 cm³/mol. The summed E-state index contributed by atoms with van der Waals surface area (Å²) in [5.74, 6) is 2.99. The van der Waals surface area contributed by atoms with Crippen molar-refractivity contribution in [1.29, 1.82) is 0 Å². The van der Waals surface area contributed by atoms with Gasteiger partial charge in [-0.25, -0.2) is 0 Å². The van der Waals surface area contributed by atoms with Crippen molar-refractivity contribution in [3.05, 3.63) is 145 Å². The van der Waals surface area contributed by atoms with Gasteiger partial charge in [-0.15, -0.1) is 11.3 Å². The summed E-state index contributed by atoms with van der Waals surface area (Å²) < 4.78 is 2.70. The first-order valence-corrected chi connectivity index (χ1v) is 19.5. The first-order chi connectivity index (χ1) is 24.6. The number of benzene rings is 7. The molecule has 2 saturated carbocycles. The molecule has 0 saturated heterocycles. The van der Waals surface area contributed by atoms with Crippen molar-refractivity contribution < 1.29 is 0 Å². The van der Waals surface area contributed by atoms with E-state index in [0.717, 1.165) is 11.8 Å². The van der Waals surface area contributed by atoms with Crippen molar-refractivity contribution in [3.63, 3.8) is 0 Å². The number of hydrogen-bond donors (Lipinski definition) is 0. The minimum atomic E-state index is 0.0817. The van der Waals surface area contributed by atoms with Gasteiger partial charge in [0, 0.05) is 25.6 Å². The monoisotopic (exact) mass is 660 g/mol. The zero-order valence-electron chi connectivity index (χ0n) is 28.7. The van der Waals surface area contributed by atoms with Crippen LogP contribution in [0.2, 0.25) is 0 Å². The summed E-state index contributed by atoms with van der Waals surface area (Å²) in [5.41, 5.74) is 11.6. The zero-order valence-corrected chi connectivity index (χ0v) is 29.6. The van der Waals surface area contributed by atoms with Crippen LogP contribution in [0.1, 0.15) is 50.7 Å². The van der Waals surface area contributed by atoms with E-state index in [1.807, 2.05) is 11.3 Å². The molecule has 2 bridgehead atoms. The molecule has 0 amide bonds. The van der Waals surface area contributed by atoms with E-state index in [1.54, 1.807) is 11.1 Å². The van der Waals surface area contributed by atoms with Crippen LogP contribution >= 0.6 is 11.3 Å². The van der Waals surface area contributed by atoms with Crippen LogP contribution in [-0.2, 0) is 5.41 Å². The molecule has 242 valence electrons. The number of thiophene rings is 1. The highest BCUT2D eigenvalue weighted by molar-refractivity contribution is 7.25. The van der Waals surface area contributed by atoms with Crippen LogP contribution in [0, 0.1) is 23.7 Å². The first-order valence-electron chi connectivity index (χ1n) is 18.7. The third kappa shape index (κ3) is 3.82. The van der Waals surface area contributed by atoms with Gasteiger partial charge in [-0.05, 0) is 128 Å². The summed E-state index contributed by atoms with van der Waals surface area (Å²) in [6.07, 6.45) is 5.45. The maximum atomic E-state index is 2.58. The fraction of sp³-hybridized carbons (Fsp3) is 0.224. The van der Waals surface area contributed by atoms with E-state index in [2.05, 4.69) is 147 Å². The summed E-state index contributed by atoms with van der Waals surface area (Å²) in [6.45, 7) is 5.10. The Hall–Kier alpha value is -4.72. The molecule has 2 fully saturated rings. The lowest BCUT2D eigenvalue weighted by molar-refractivity contribution is 0.0426. The standard InChI is InChI=1S/C49H40S/c1-29-24-31-26-30(2)49(33(25-29)27-31)42-19-9-7-17-40(42)48-41(18-11-20-43(48)49)47-38-15-5-3-13-36(38)46(37-14-4-6-16-39(37)47)32-22-23-35-34-12-8-10-21-44(34)50-45(35)28-32/h3-23,28-31,33H,24-27H2,1-2H3. The van der Waals surface area contributed by atoms with Gasteiger partial charge in [0.25, 0.3) is 0 Å². The zero-order chi connectivity index (χ0) is 33.1. The number of fused-ring (bicyclic) bond motifs is 13. The van der Waals surface area contributed by atoms with Gasteiger partial charge in [-0.3, -0.25) is 0 Å². The van der Waals surface area contributed by atoms with Crippen molar-refractivity contribution in [2.75, 3.05) is 0 Å². The predicted octanol–water partition coefficient (Wildman–Crippen LogP) is 14.1. The van der Waals surface area contributed by atoms with E-state index < -0.39 is 0 Å². The Balaban J connectivity index is 1.21. The van der Waals surface area contributed by atoms with Gasteiger partial charge in [0.1, 0.15) is 0 Å². The molecule has 1 spiro atoms. The third-order valence-corrected chi connectivity index (χ3v) is 14.3. The Morgan fingerprint density at radius 1 is 0.480 bits per heavy atom. The highest BCUT2D eigenvalue weighted by Crippen LogP contribution is 2.66. The van der Waals surface area contributed by atoms with Gasteiger partial charge in [-0.1, -0.05) is 135 Å². The van der Waals surface area contributed by atoms with Crippen LogP contribution in [0.5, 0.6) is 0 Å². The van der Waals surface area contributed by atoms with Crippen LogP contribution in [-0.4, -0.2) is 0 Å². The molecule has 3 aliphatic rings. The van der Waals surface area contributed by atoms with E-state index >= 15 is 0 Å². The first kappa shape index (κ1) is 29.1. The fourth-order valence-electron chi connectivity index (χ4n) is 11.6. The van der Waals surface area contributed by atoms with Crippen molar-refractivity contribution >= 4 is 53.1 Å². The van der Waals surface area contributed by atoms with Crippen LogP contribution in [0.4, 0.5) is 0 Å². The van der Waals surface area contributed by atoms with Crippen molar-refractivity contribution in [2.45, 2.75) is 44.9 Å². The van der Waals surface area contributed by atoms with Gasteiger partial charge >= 0.3 is 0 Å². The van der Waals surface area contributed by atoms with E-state index in [0.29, 0.717) is 11.8 Å². The largest absolute Gasteiger partial charge is 0.135 e. The van der Waals surface area contributed by atoms with Gasteiger partial charge in [0.2, 0.25) is 0 Å². The normalized spacial score (nSPS) is 24.0. The molecule has 1 heterocycles. The molecule has 0 aliphatic heterocycles. The molecule has 0 radical (unpaired) electrons. The van der Waals surface area contributed by atoms with Crippen LogP contribution in [0.3, 0.4) is 0 Å². The summed E-state index contributed by atoms with van der Waals surface area (Å²) in [6, 6.07) is 51.3. The average Bonchev–Trinajstić information content (AvgIpc) is 3.66. The SMILES string of the molecule is CC1CC2CC(C)C3(c4ccccc4-c4c(-c5c6ccccc6c(-c6ccc7c(c6)sc6ccccc67)c6ccccc56)cccc43)C(C1)C2. The van der Waals surface area contributed by atoms with E-state index in [4.69, 9.17) is 0 Å². The van der Waals surface area contributed by atoms with Crippen molar-refractivity contribution in [3.8, 4) is 33.4 Å². The maximum Gasteiger partial charge on any atom is 0.0361 e. The average molecular weight is 661 g/mol. The molecule has 11 rings (SSSR count). The highest BCUT2D eigenvalue weighted by atomic mass is 32.1. The lowest BCUT2D eigenvalue weighted by atomic mass is 9.49. The molecule has 0 N–H and O–H groups in total. The molecule has 5 atom stereocenters. The molecular formula is C49H40S. The van der Waals surface area contributed by atoms with E-state index in [9.17, 15) is 0 Å². The lowest BCUT2D eigenvalue weighted by Crippen LogP contribution is -2.49. The Labute approximate surface area is 298 Å². The molecular weight excluding hydrogens is 621 g/mol. The Morgan fingerprint density at radius 3 is 1.88 bits per heavy atom. The smallest absolute Gasteiger partial charge is 0.0361 e. The lowest BCUT2D eigenvalue weighted by Gasteiger charge is -2.54. The molecule has 5 unspecified atom stereocenters. The maximum absolute atomic E-state index is 2.58. The Morgan fingerprint density at radius 2 is 1.10 bits per heavy atom. The molecule has 1 aromatic heterocycles. The second-order valence-corrected chi connectivity index (χ2v) is 16.9. The highest BCUT2D eigenvalue weighted by Gasteiger charge is 2.56. The Kier molecular flexibility index (Phi) is 6.18. The fourth-order valence-corrected chi connectivity index (χ4v) is 12.7. The number of hydrogen-bond acceptors (Lipinski definition) is 1. The minimum absolute atomic E-state index is 0.0817. The molecule has 7 aromatic carbocycles. The van der Waals surface area contributed by atoms with Gasteiger partial charge in [-0.2, -0.15) is 0 Å². The van der Waals surface area contributed by atoms with E-state index in [1.165, 1.54) is 101 Å². The van der Waals surface area contributed by atoms with Gasteiger partial charge < -0.3 is 0 Å². The minimum Gasteiger partial charge on any atom is -0.135 e. The second-order valence-electron chi connectivity index (χ2n) is 15.8. The van der Waals surface area contributed by atoms with Gasteiger partial charge in [0.05, 0.1) is 0 Å². The molecule has 1 heteroatoms. The van der Waals surface area contributed by atoms with Gasteiger partial charge in [0.15, 0.2) is 0 Å². The Bertz CT molecular complexity index is 2610. The van der Waals surface area contributed by atoms with Crippen LogP contribution < -0.4 is 0 Å². The van der Waals surface area contributed by atoms with Crippen molar-refractivity contribution in [2.24, 2.45) is 23.7 Å². The van der Waals surface area contributed by atoms with Crippen LogP contribution in [0.15, 0.2) is 133 Å². The summed E-state index contributed by atoms with van der Waals surface area (Å²) in [7, 11) is 0. The summed E-state index contributed by atoms with van der Waals surface area (Å²) in [4.78, 5) is 0. The molecule has 50 heavy (non-hydrogen) atoms. The third-order valence-electron chi connectivity index (χ3n) is 13.2. The van der Waals surface area contributed by atoms with Crippen LogP contribution in [0.25, 0.3) is 75.1 Å². The topological polar surface area (TPSA) is 0 Å². The molecule has 3 aliphatic carbocycles. The second kappa shape index (κ2) is 10.6. The summed E-state index contributed by atoms with van der Waals surface area (Å²) >= 11 is 1.91. The quantitative estimate of drug-likeness (QED) is 0.162. The molecule has 8 aromatic rings. The molecule has 0 nitrogen and oxygen atoms in total. The van der Waals surface area contributed by atoms with Crippen molar-refractivity contribution in [1.82, 2.24) is 0 Å². The number of rotatable bonds is 2. The summed E-state index contributed by atoms with van der Waals surface area (Å²) in [5, 5.41) is 8.04. The van der Waals surface area contributed by atoms with E-state index in [-0.39, 0.29) is 5.41 Å².